The Hall–Kier alpha value is -1.10. The molecule has 0 saturated heterocycles. The van der Waals surface area contributed by atoms with Crippen LogP contribution in [0.15, 0.2) is 0 Å². The smallest absolute Gasteiger partial charge is 0.237 e. The van der Waals surface area contributed by atoms with Crippen LogP contribution in [0, 0.1) is 0 Å². The predicted molar refractivity (Wildman–Crippen MR) is 45.1 cm³/mol. The number of nitrogens with two attached hydrogens (primary N) is 2. The summed E-state index contributed by atoms with van der Waals surface area (Å²) in [5.41, 5.74) is 10.2. The second-order valence-electron chi connectivity index (χ2n) is 2.57. The Morgan fingerprint density at radius 3 is 2.50 bits per heavy atom. The van der Waals surface area contributed by atoms with Gasteiger partial charge in [-0.25, -0.2) is 0 Å². The standard InChI is InChI=1S/C7H15N3O2/c1-2-3-10-7(12)5(8)4-6(9)11/h5H,2-4,8H2,1H3,(H2,9,11)(H,10,12)/t5-/m0/s1. The lowest BCUT2D eigenvalue weighted by Gasteiger charge is -2.08. The number of nitrogens with one attached hydrogen (secondary N) is 1. The van der Waals surface area contributed by atoms with Crippen LogP contribution >= 0.6 is 0 Å². The molecule has 0 aromatic rings. The first-order chi connectivity index (χ1) is 5.57. The molecular weight excluding hydrogens is 158 g/mol. The lowest BCUT2D eigenvalue weighted by molar-refractivity contribution is -0.126. The predicted octanol–water partition coefficient (Wildman–Crippen LogP) is -1.28. The van der Waals surface area contributed by atoms with Gasteiger partial charge in [0.25, 0.3) is 0 Å². The summed E-state index contributed by atoms with van der Waals surface area (Å²) >= 11 is 0. The van der Waals surface area contributed by atoms with E-state index in [9.17, 15) is 9.59 Å². The van der Waals surface area contributed by atoms with E-state index in [2.05, 4.69) is 5.32 Å². The topological polar surface area (TPSA) is 98.2 Å². The number of rotatable bonds is 5. The summed E-state index contributed by atoms with van der Waals surface area (Å²) in [5.74, 6) is -0.884. The fourth-order valence-corrected chi connectivity index (χ4v) is 0.689. The molecule has 0 unspecified atom stereocenters. The van der Waals surface area contributed by atoms with Gasteiger partial charge >= 0.3 is 0 Å². The number of carbonyl (C=O) groups is 2. The van der Waals surface area contributed by atoms with Gasteiger partial charge in [-0.2, -0.15) is 0 Å². The highest BCUT2D eigenvalue weighted by molar-refractivity contribution is 5.87. The maximum absolute atomic E-state index is 11.0. The van der Waals surface area contributed by atoms with E-state index in [0.717, 1.165) is 6.42 Å². The van der Waals surface area contributed by atoms with Crippen molar-refractivity contribution in [2.24, 2.45) is 11.5 Å². The van der Waals surface area contributed by atoms with Crippen LogP contribution in [0.5, 0.6) is 0 Å². The fourth-order valence-electron chi connectivity index (χ4n) is 0.689. The molecule has 0 spiro atoms. The van der Waals surface area contributed by atoms with Gasteiger partial charge in [-0.1, -0.05) is 6.92 Å². The summed E-state index contributed by atoms with van der Waals surface area (Å²) in [6, 6.07) is -0.811. The monoisotopic (exact) mass is 173 g/mol. The quantitative estimate of drug-likeness (QED) is 0.482. The maximum atomic E-state index is 11.0. The lowest BCUT2D eigenvalue weighted by atomic mass is 10.2. The molecule has 0 rings (SSSR count). The van der Waals surface area contributed by atoms with Gasteiger partial charge in [-0.3, -0.25) is 9.59 Å². The highest BCUT2D eigenvalue weighted by atomic mass is 16.2. The molecule has 5 nitrogen and oxygen atoms in total. The van der Waals surface area contributed by atoms with E-state index in [1.54, 1.807) is 0 Å². The Morgan fingerprint density at radius 2 is 2.08 bits per heavy atom. The molecule has 0 aliphatic heterocycles. The average Bonchev–Trinajstić information content (AvgIpc) is 1.98. The Bertz CT molecular complexity index is 170. The third kappa shape index (κ3) is 4.68. The summed E-state index contributed by atoms with van der Waals surface area (Å²) in [5, 5.41) is 2.57. The minimum Gasteiger partial charge on any atom is -0.370 e. The summed E-state index contributed by atoms with van der Waals surface area (Å²) in [7, 11) is 0. The van der Waals surface area contributed by atoms with E-state index >= 15 is 0 Å². The molecule has 1 atom stereocenters. The zero-order chi connectivity index (χ0) is 9.56. The van der Waals surface area contributed by atoms with Crippen molar-refractivity contribution in [1.82, 2.24) is 5.32 Å². The van der Waals surface area contributed by atoms with Crippen molar-refractivity contribution >= 4 is 11.8 Å². The summed E-state index contributed by atoms with van der Waals surface area (Å²) < 4.78 is 0. The van der Waals surface area contributed by atoms with Crippen LogP contribution in [0.2, 0.25) is 0 Å². The molecule has 0 aliphatic rings. The van der Waals surface area contributed by atoms with Crippen LogP contribution in [0.4, 0.5) is 0 Å². The van der Waals surface area contributed by atoms with Crippen molar-refractivity contribution in [3.05, 3.63) is 0 Å². The van der Waals surface area contributed by atoms with Gasteiger partial charge in [-0.05, 0) is 6.42 Å². The zero-order valence-corrected chi connectivity index (χ0v) is 7.17. The summed E-state index contributed by atoms with van der Waals surface area (Å²) in [4.78, 5) is 21.3. The molecule has 5 heteroatoms. The van der Waals surface area contributed by atoms with Crippen molar-refractivity contribution in [2.75, 3.05) is 6.54 Å². The number of amides is 2. The molecule has 0 fully saturated rings. The van der Waals surface area contributed by atoms with E-state index < -0.39 is 11.9 Å². The van der Waals surface area contributed by atoms with E-state index in [4.69, 9.17) is 11.5 Å². The number of primary amides is 1. The second kappa shape index (κ2) is 5.54. The maximum Gasteiger partial charge on any atom is 0.237 e. The van der Waals surface area contributed by atoms with Gasteiger partial charge in [0.15, 0.2) is 0 Å². The van der Waals surface area contributed by atoms with E-state index in [0.29, 0.717) is 6.54 Å². The highest BCUT2D eigenvalue weighted by Gasteiger charge is 2.14. The fraction of sp³-hybridized carbons (Fsp3) is 0.714. The largest absolute Gasteiger partial charge is 0.370 e. The van der Waals surface area contributed by atoms with Gasteiger partial charge in [0.2, 0.25) is 11.8 Å². The average molecular weight is 173 g/mol. The molecule has 0 aromatic heterocycles. The van der Waals surface area contributed by atoms with Crippen molar-refractivity contribution in [3.8, 4) is 0 Å². The van der Waals surface area contributed by atoms with Crippen molar-refractivity contribution in [1.29, 1.82) is 0 Å². The number of hydrogen-bond donors (Lipinski definition) is 3. The van der Waals surface area contributed by atoms with Crippen molar-refractivity contribution in [2.45, 2.75) is 25.8 Å². The normalized spacial score (nSPS) is 12.2. The van der Waals surface area contributed by atoms with Gasteiger partial charge in [-0.15, -0.1) is 0 Å². The van der Waals surface area contributed by atoms with Crippen molar-refractivity contribution in [3.63, 3.8) is 0 Å². The van der Waals surface area contributed by atoms with E-state index in [-0.39, 0.29) is 12.3 Å². The SMILES string of the molecule is CCCNC(=O)[C@@H](N)CC(N)=O. The Labute approximate surface area is 71.5 Å². The third-order valence-electron chi connectivity index (χ3n) is 1.31. The molecule has 70 valence electrons. The number of hydrogen-bond acceptors (Lipinski definition) is 3. The Kier molecular flexibility index (Phi) is 5.03. The molecule has 5 N–H and O–H groups in total. The zero-order valence-electron chi connectivity index (χ0n) is 7.17. The lowest BCUT2D eigenvalue weighted by Crippen LogP contribution is -2.43. The molecule has 12 heavy (non-hydrogen) atoms. The molecule has 0 aliphatic carbocycles. The van der Waals surface area contributed by atoms with Crippen LogP contribution in [0.3, 0.4) is 0 Å². The van der Waals surface area contributed by atoms with Crippen molar-refractivity contribution < 1.29 is 9.59 Å². The van der Waals surface area contributed by atoms with Crippen LogP contribution in [0.25, 0.3) is 0 Å². The molecule has 0 bridgehead atoms. The van der Waals surface area contributed by atoms with Gasteiger partial charge in [0.1, 0.15) is 0 Å². The van der Waals surface area contributed by atoms with Crippen LogP contribution < -0.4 is 16.8 Å². The van der Waals surface area contributed by atoms with E-state index in [1.165, 1.54) is 0 Å². The highest BCUT2D eigenvalue weighted by Crippen LogP contribution is 1.86. The van der Waals surface area contributed by atoms with Gasteiger partial charge in [0, 0.05) is 6.54 Å². The minimum atomic E-state index is -0.811. The van der Waals surface area contributed by atoms with Crippen LogP contribution in [-0.2, 0) is 9.59 Å². The van der Waals surface area contributed by atoms with Crippen LogP contribution in [-0.4, -0.2) is 24.4 Å². The second-order valence-corrected chi connectivity index (χ2v) is 2.57. The Balaban J connectivity index is 3.69. The minimum absolute atomic E-state index is 0.102. The first-order valence-corrected chi connectivity index (χ1v) is 3.89. The summed E-state index contributed by atoms with van der Waals surface area (Å²) in [6.07, 6.45) is 0.741. The van der Waals surface area contributed by atoms with Gasteiger partial charge < -0.3 is 16.8 Å². The molecule has 0 heterocycles. The molecule has 0 saturated carbocycles. The molecule has 0 aromatic carbocycles. The van der Waals surface area contributed by atoms with E-state index in [1.807, 2.05) is 6.92 Å². The Morgan fingerprint density at radius 1 is 1.50 bits per heavy atom. The summed E-state index contributed by atoms with van der Waals surface area (Å²) in [6.45, 7) is 2.51. The molecule has 2 amide bonds. The molecular formula is C7H15N3O2. The van der Waals surface area contributed by atoms with Gasteiger partial charge in [0.05, 0.1) is 12.5 Å². The third-order valence-corrected chi connectivity index (χ3v) is 1.31. The first-order valence-electron chi connectivity index (χ1n) is 3.89. The molecule has 0 radical (unpaired) electrons. The first kappa shape index (κ1) is 10.9. The van der Waals surface area contributed by atoms with Crippen LogP contribution in [0.1, 0.15) is 19.8 Å². The number of carbonyl (C=O) groups excluding carboxylic acids is 2.